The predicted molar refractivity (Wildman–Crippen MR) is 125 cm³/mol. The van der Waals surface area contributed by atoms with Crippen molar-refractivity contribution in [3.63, 3.8) is 0 Å². The highest BCUT2D eigenvalue weighted by Gasteiger charge is 2.16. The van der Waals surface area contributed by atoms with Crippen LogP contribution in [0.25, 0.3) is 27.6 Å². The Labute approximate surface area is 182 Å². The van der Waals surface area contributed by atoms with Crippen LogP contribution >= 0.6 is 0 Å². The van der Waals surface area contributed by atoms with Gasteiger partial charge in [0.2, 0.25) is 0 Å². The molecule has 0 saturated carbocycles. The lowest BCUT2D eigenvalue weighted by Crippen LogP contribution is -2.44. The van der Waals surface area contributed by atoms with Crippen molar-refractivity contribution in [1.29, 1.82) is 5.26 Å². The zero-order valence-corrected chi connectivity index (χ0v) is 18.2. The van der Waals surface area contributed by atoms with Gasteiger partial charge >= 0.3 is 0 Å². The number of piperazine rings is 1. The van der Waals surface area contributed by atoms with Crippen LogP contribution in [0.3, 0.4) is 0 Å². The van der Waals surface area contributed by atoms with Crippen molar-refractivity contribution in [2.75, 3.05) is 38.1 Å². The van der Waals surface area contributed by atoms with Crippen molar-refractivity contribution in [2.45, 2.75) is 6.92 Å². The standard InChI is InChI=1S/C25H27N5O/c1-17(22(16-26)25(27)31)23-8-9-24(29(23)3)20-5-4-19-15-21(7-6-18(19)14-20)30-12-10-28(2)11-13-30/h4-9,14-15H,10-13H2,1-3H3,(H2,27,31). The predicted octanol–water partition coefficient (Wildman–Crippen LogP) is 3.38. The van der Waals surface area contributed by atoms with E-state index in [-0.39, 0.29) is 5.57 Å². The highest BCUT2D eigenvalue weighted by atomic mass is 16.1. The summed E-state index contributed by atoms with van der Waals surface area (Å²) in [5.41, 5.74) is 10.1. The highest BCUT2D eigenvalue weighted by Crippen LogP contribution is 2.30. The summed E-state index contributed by atoms with van der Waals surface area (Å²) in [6.45, 7) is 6.03. The second kappa shape index (κ2) is 8.29. The molecule has 3 aromatic rings. The van der Waals surface area contributed by atoms with Crippen LogP contribution in [0.4, 0.5) is 5.69 Å². The molecule has 0 bridgehead atoms. The first-order chi connectivity index (χ1) is 14.9. The fourth-order valence-corrected chi connectivity index (χ4v) is 4.28. The molecule has 1 aliphatic heterocycles. The number of allylic oxidation sites excluding steroid dienone is 1. The lowest BCUT2D eigenvalue weighted by molar-refractivity contribution is -0.114. The number of carbonyl (C=O) groups is 1. The van der Waals surface area contributed by atoms with Gasteiger partial charge < -0.3 is 20.1 Å². The van der Waals surface area contributed by atoms with E-state index in [0.29, 0.717) is 5.57 Å². The van der Waals surface area contributed by atoms with Crippen LogP contribution in [0, 0.1) is 11.3 Å². The fourth-order valence-electron chi connectivity index (χ4n) is 4.28. The molecule has 0 spiro atoms. The minimum Gasteiger partial charge on any atom is -0.369 e. The van der Waals surface area contributed by atoms with Crippen LogP contribution in [0.15, 0.2) is 54.1 Å². The average Bonchev–Trinajstić information content (AvgIpc) is 3.15. The van der Waals surface area contributed by atoms with Crippen LogP contribution in [0.1, 0.15) is 12.6 Å². The van der Waals surface area contributed by atoms with Gasteiger partial charge in [0.15, 0.2) is 0 Å². The lowest BCUT2D eigenvalue weighted by atomic mass is 10.0. The van der Waals surface area contributed by atoms with E-state index in [1.807, 2.05) is 29.8 Å². The monoisotopic (exact) mass is 413 g/mol. The second-order valence-electron chi connectivity index (χ2n) is 8.18. The summed E-state index contributed by atoms with van der Waals surface area (Å²) in [5.74, 6) is -0.704. The summed E-state index contributed by atoms with van der Waals surface area (Å²) in [6.07, 6.45) is 0. The van der Waals surface area contributed by atoms with Gasteiger partial charge in [-0.1, -0.05) is 18.2 Å². The third-order valence-electron chi connectivity index (χ3n) is 6.23. The average molecular weight is 414 g/mol. The van der Waals surface area contributed by atoms with Gasteiger partial charge in [-0.3, -0.25) is 4.79 Å². The summed E-state index contributed by atoms with van der Waals surface area (Å²) in [7, 11) is 4.10. The van der Waals surface area contributed by atoms with Gasteiger partial charge in [0.25, 0.3) is 5.91 Å². The normalized spacial score (nSPS) is 15.6. The molecule has 1 aliphatic rings. The van der Waals surface area contributed by atoms with Gasteiger partial charge in [-0.2, -0.15) is 5.26 Å². The number of hydrogen-bond acceptors (Lipinski definition) is 4. The Morgan fingerprint density at radius 3 is 2.32 bits per heavy atom. The van der Waals surface area contributed by atoms with E-state index >= 15 is 0 Å². The molecule has 158 valence electrons. The quantitative estimate of drug-likeness (QED) is 0.525. The SMILES string of the molecule is CC(=C(C#N)C(N)=O)c1ccc(-c2ccc3cc(N4CCN(C)CC4)ccc3c2)n1C. The summed E-state index contributed by atoms with van der Waals surface area (Å²) in [4.78, 5) is 16.4. The maximum atomic E-state index is 11.6. The van der Waals surface area contributed by atoms with Crippen LogP contribution in [-0.4, -0.2) is 48.6 Å². The highest BCUT2D eigenvalue weighted by molar-refractivity contribution is 6.03. The summed E-state index contributed by atoms with van der Waals surface area (Å²) < 4.78 is 2.00. The molecule has 4 rings (SSSR count). The van der Waals surface area contributed by atoms with Gasteiger partial charge in [-0.05, 0) is 66.2 Å². The van der Waals surface area contributed by atoms with E-state index in [0.717, 1.165) is 43.1 Å². The molecule has 2 aromatic carbocycles. The van der Waals surface area contributed by atoms with Crippen LogP contribution < -0.4 is 10.6 Å². The largest absolute Gasteiger partial charge is 0.369 e. The first-order valence-electron chi connectivity index (χ1n) is 10.4. The van der Waals surface area contributed by atoms with E-state index < -0.39 is 5.91 Å². The number of primary amides is 1. The number of amides is 1. The molecule has 1 aromatic heterocycles. The number of anilines is 1. The van der Waals surface area contributed by atoms with Crippen molar-refractivity contribution >= 4 is 27.9 Å². The Bertz CT molecular complexity index is 1220. The number of nitrogens with two attached hydrogens (primary N) is 1. The van der Waals surface area contributed by atoms with Crippen LogP contribution in [0.2, 0.25) is 0 Å². The summed E-state index contributed by atoms with van der Waals surface area (Å²) >= 11 is 0. The molecule has 2 N–H and O–H groups in total. The Kier molecular flexibility index (Phi) is 5.53. The molecule has 31 heavy (non-hydrogen) atoms. The Balaban J connectivity index is 1.67. The van der Waals surface area contributed by atoms with Crippen molar-refractivity contribution in [2.24, 2.45) is 12.8 Å². The van der Waals surface area contributed by atoms with Gasteiger partial charge in [0, 0.05) is 50.3 Å². The molecular formula is C25H27N5O. The molecule has 1 saturated heterocycles. The molecule has 0 unspecified atom stereocenters. The Morgan fingerprint density at radius 2 is 1.65 bits per heavy atom. The van der Waals surface area contributed by atoms with E-state index in [9.17, 15) is 10.1 Å². The number of likely N-dealkylation sites (N-methyl/N-ethyl adjacent to an activating group) is 1. The maximum Gasteiger partial charge on any atom is 0.259 e. The fraction of sp³-hybridized carbons (Fsp3) is 0.280. The molecule has 6 heteroatoms. The van der Waals surface area contributed by atoms with Crippen molar-refractivity contribution < 1.29 is 4.79 Å². The molecule has 0 aliphatic carbocycles. The molecule has 1 amide bonds. The molecule has 2 heterocycles. The maximum absolute atomic E-state index is 11.6. The third-order valence-corrected chi connectivity index (χ3v) is 6.23. The van der Waals surface area contributed by atoms with E-state index in [2.05, 4.69) is 53.2 Å². The molecular weight excluding hydrogens is 386 g/mol. The van der Waals surface area contributed by atoms with Crippen molar-refractivity contribution in [3.8, 4) is 17.3 Å². The van der Waals surface area contributed by atoms with Crippen LogP contribution in [0.5, 0.6) is 0 Å². The van der Waals surface area contributed by atoms with Crippen molar-refractivity contribution in [3.05, 3.63) is 59.8 Å². The van der Waals surface area contributed by atoms with E-state index in [1.165, 1.54) is 16.5 Å². The Morgan fingerprint density at radius 1 is 0.968 bits per heavy atom. The zero-order valence-electron chi connectivity index (χ0n) is 18.2. The van der Waals surface area contributed by atoms with E-state index in [4.69, 9.17) is 5.73 Å². The number of nitrogens with zero attached hydrogens (tertiary/aromatic N) is 4. The summed E-state index contributed by atoms with van der Waals surface area (Å²) in [6, 6.07) is 19.0. The minimum atomic E-state index is -0.704. The van der Waals surface area contributed by atoms with Gasteiger partial charge in [-0.15, -0.1) is 0 Å². The first kappa shape index (κ1) is 20.7. The number of aromatic nitrogens is 1. The second-order valence-corrected chi connectivity index (χ2v) is 8.18. The van der Waals surface area contributed by atoms with E-state index in [1.54, 1.807) is 6.92 Å². The first-order valence-corrected chi connectivity index (χ1v) is 10.4. The van der Waals surface area contributed by atoms with Gasteiger partial charge in [0.1, 0.15) is 11.6 Å². The topological polar surface area (TPSA) is 78.3 Å². The Hall–Kier alpha value is -3.56. The number of nitriles is 1. The molecule has 0 atom stereocenters. The lowest BCUT2D eigenvalue weighted by Gasteiger charge is -2.34. The number of rotatable bonds is 4. The smallest absolute Gasteiger partial charge is 0.259 e. The molecule has 0 radical (unpaired) electrons. The summed E-state index contributed by atoms with van der Waals surface area (Å²) in [5, 5.41) is 11.7. The number of benzene rings is 2. The minimum absolute atomic E-state index is 0.0114. The van der Waals surface area contributed by atoms with Gasteiger partial charge in [-0.25, -0.2) is 0 Å². The van der Waals surface area contributed by atoms with Crippen LogP contribution in [-0.2, 0) is 11.8 Å². The number of fused-ring (bicyclic) bond motifs is 1. The number of carbonyl (C=O) groups excluding carboxylic acids is 1. The molecule has 6 nitrogen and oxygen atoms in total. The van der Waals surface area contributed by atoms with Crippen molar-refractivity contribution in [1.82, 2.24) is 9.47 Å². The number of hydrogen-bond donors (Lipinski definition) is 1. The molecule has 1 fully saturated rings. The third kappa shape index (κ3) is 3.92. The zero-order chi connectivity index (χ0) is 22.1. The van der Waals surface area contributed by atoms with Gasteiger partial charge in [0.05, 0.1) is 0 Å².